The molecule has 2 amide bonds. The van der Waals surface area contributed by atoms with Crippen LogP contribution in [-0.2, 0) is 15.8 Å². The fraction of sp³-hybridized carbons (Fsp3) is 0.381. The fourth-order valence-electron chi connectivity index (χ4n) is 3.21. The molecule has 1 saturated heterocycles. The molecule has 0 unspecified atom stereocenters. The van der Waals surface area contributed by atoms with E-state index in [1.807, 2.05) is 4.90 Å². The van der Waals surface area contributed by atoms with Crippen molar-refractivity contribution in [1.82, 2.24) is 10.3 Å². The first-order chi connectivity index (χ1) is 15.0. The van der Waals surface area contributed by atoms with Crippen LogP contribution in [0.25, 0.3) is 0 Å². The Hall–Kier alpha value is -3.01. The molecule has 0 spiro atoms. The Morgan fingerprint density at radius 1 is 1.25 bits per heavy atom. The molecule has 2 aromatic rings. The maximum absolute atomic E-state index is 12.9. The van der Waals surface area contributed by atoms with Crippen LogP contribution in [-0.4, -0.2) is 42.5 Å². The minimum atomic E-state index is -4.51. The smallest absolute Gasteiger partial charge is 0.372 e. The molecule has 1 fully saturated rings. The quantitative estimate of drug-likeness (QED) is 0.599. The van der Waals surface area contributed by atoms with Gasteiger partial charge in [0.15, 0.2) is 0 Å². The van der Waals surface area contributed by atoms with Gasteiger partial charge in [0, 0.05) is 13.1 Å². The average Bonchev–Trinajstić information content (AvgIpc) is 2.72. The summed E-state index contributed by atoms with van der Waals surface area (Å²) in [6.45, 7) is 4.99. The number of hydrogen-bond acceptors (Lipinski definition) is 5. The van der Waals surface area contributed by atoms with Gasteiger partial charge < -0.3 is 20.9 Å². The number of pyridine rings is 1. The summed E-state index contributed by atoms with van der Waals surface area (Å²) < 4.78 is 38.6. The average molecular weight is 470 g/mol. The van der Waals surface area contributed by atoms with E-state index in [-0.39, 0.29) is 35.0 Å². The van der Waals surface area contributed by atoms with Crippen molar-refractivity contribution in [2.45, 2.75) is 26.1 Å². The zero-order valence-electron chi connectivity index (χ0n) is 17.5. The van der Waals surface area contributed by atoms with Crippen molar-refractivity contribution in [3.05, 3.63) is 47.1 Å². The molecule has 32 heavy (non-hydrogen) atoms. The summed E-state index contributed by atoms with van der Waals surface area (Å²) in [5.41, 5.74) is -0.188. The lowest BCUT2D eigenvalue weighted by atomic mass is 10.0. The van der Waals surface area contributed by atoms with Gasteiger partial charge in [0.2, 0.25) is 11.8 Å². The summed E-state index contributed by atoms with van der Waals surface area (Å²) in [5.74, 6) is -0.0357. The van der Waals surface area contributed by atoms with Crippen molar-refractivity contribution < 1.29 is 22.8 Å². The van der Waals surface area contributed by atoms with Crippen molar-refractivity contribution in [2.24, 2.45) is 5.92 Å². The predicted octanol–water partition coefficient (Wildman–Crippen LogP) is 3.77. The van der Waals surface area contributed by atoms with Gasteiger partial charge in [-0.2, -0.15) is 13.2 Å². The lowest BCUT2D eigenvalue weighted by Gasteiger charge is -2.27. The molecule has 1 atom stereocenters. The van der Waals surface area contributed by atoms with Crippen LogP contribution >= 0.6 is 11.6 Å². The van der Waals surface area contributed by atoms with Crippen LogP contribution in [0.3, 0.4) is 0 Å². The highest BCUT2D eigenvalue weighted by Gasteiger charge is 2.31. The number of aromatic nitrogens is 1. The van der Waals surface area contributed by atoms with E-state index in [9.17, 15) is 22.8 Å². The van der Waals surface area contributed by atoms with Gasteiger partial charge in [-0.1, -0.05) is 25.4 Å². The highest BCUT2D eigenvalue weighted by Crippen LogP contribution is 2.34. The Morgan fingerprint density at radius 3 is 2.56 bits per heavy atom. The predicted molar refractivity (Wildman–Crippen MR) is 117 cm³/mol. The Kier molecular flexibility index (Phi) is 7.12. The number of anilines is 3. The lowest BCUT2D eigenvalue weighted by molar-refractivity contribution is -0.137. The van der Waals surface area contributed by atoms with Crippen LogP contribution in [0.15, 0.2) is 36.5 Å². The number of amides is 2. The Labute approximate surface area is 188 Å². The van der Waals surface area contributed by atoms with E-state index in [0.29, 0.717) is 24.6 Å². The summed E-state index contributed by atoms with van der Waals surface area (Å²) in [7, 11) is 0. The van der Waals surface area contributed by atoms with E-state index in [2.05, 4.69) is 20.9 Å². The summed E-state index contributed by atoms with van der Waals surface area (Å²) in [6, 6.07) is 5.57. The van der Waals surface area contributed by atoms with E-state index in [0.717, 1.165) is 12.1 Å². The molecule has 3 rings (SSSR count). The highest BCUT2D eigenvalue weighted by molar-refractivity contribution is 6.33. The fourth-order valence-corrected chi connectivity index (χ4v) is 3.45. The maximum atomic E-state index is 12.9. The van der Waals surface area contributed by atoms with Crippen LogP contribution in [0.1, 0.15) is 19.4 Å². The third-order valence-corrected chi connectivity index (χ3v) is 5.25. The monoisotopic (exact) mass is 469 g/mol. The molecule has 1 aromatic heterocycles. The van der Waals surface area contributed by atoms with Crippen LogP contribution in [0, 0.1) is 5.92 Å². The van der Waals surface area contributed by atoms with E-state index >= 15 is 0 Å². The number of carbonyl (C=O) groups is 2. The third kappa shape index (κ3) is 5.82. The van der Waals surface area contributed by atoms with Gasteiger partial charge in [0.25, 0.3) is 0 Å². The number of alkyl halides is 3. The number of rotatable bonds is 6. The van der Waals surface area contributed by atoms with Crippen molar-refractivity contribution in [3.8, 4) is 0 Å². The molecule has 0 saturated carbocycles. The Morgan fingerprint density at radius 2 is 2.00 bits per heavy atom. The van der Waals surface area contributed by atoms with Gasteiger partial charge in [0.05, 0.1) is 34.7 Å². The van der Waals surface area contributed by atoms with E-state index in [1.165, 1.54) is 12.3 Å². The summed E-state index contributed by atoms with van der Waals surface area (Å²) in [6.07, 6.45) is -3.02. The van der Waals surface area contributed by atoms with Crippen molar-refractivity contribution in [1.29, 1.82) is 0 Å². The van der Waals surface area contributed by atoms with Gasteiger partial charge in [-0.3, -0.25) is 9.59 Å². The van der Waals surface area contributed by atoms with Gasteiger partial charge in [-0.15, -0.1) is 0 Å². The number of halogens is 4. The molecule has 0 aliphatic carbocycles. The maximum Gasteiger partial charge on any atom is 0.416 e. The number of hydrogen-bond donors (Lipinski definition) is 3. The molecule has 172 valence electrons. The Balaban J connectivity index is 1.68. The topological polar surface area (TPSA) is 86.4 Å². The number of benzene rings is 1. The van der Waals surface area contributed by atoms with Crippen LogP contribution < -0.4 is 20.9 Å². The zero-order chi connectivity index (χ0) is 23.5. The van der Waals surface area contributed by atoms with E-state index < -0.39 is 17.8 Å². The number of carbonyl (C=O) groups excluding carboxylic acids is 2. The van der Waals surface area contributed by atoms with Crippen LogP contribution in [0.2, 0.25) is 5.02 Å². The third-order valence-electron chi connectivity index (χ3n) is 4.93. The molecule has 1 aromatic carbocycles. The minimum absolute atomic E-state index is 0.0804. The van der Waals surface area contributed by atoms with E-state index in [4.69, 9.17) is 11.6 Å². The summed E-state index contributed by atoms with van der Waals surface area (Å²) >= 11 is 6.01. The molecule has 2 heterocycles. The number of piperazine rings is 1. The minimum Gasteiger partial charge on any atom is -0.372 e. The number of nitrogens with one attached hydrogen (secondary N) is 3. The van der Waals surface area contributed by atoms with E-state index in [1.54, 1.807) is 26.0 Å². The first-order valence-corrected chi connectivity index (χ1v) is 10.3. The molecular weight excluding hydrogens is 447 g/mol. The van der Waals surface area contributed by atoms with Gasteiger partial charge in [-0.05, 0) is 36.2 Å². The standard InChI is InChI=1S/C21H23ClF3N5O2/c1-12(2)19(29-16-5-3-13(9-15(16)22)21(23,24)25)20(32)28-14-4-6-17(27-10-14)30-8-7-26-18(31)11-30/h3-6,9-10,12,19,29H,7-8,11H2,1-2H3,(H,26,31)(H,28,32)/t19-/m0/s1. The second kappa shape index (κ2) is 9.64. The highest BCUT2D eigenvalue weighted by atomic mass is 35.5. The molecule has 0 bridgehead atoms. The largest absolute Gasteiger partial charge is 0.416 e. The van der Waals surface area contributed by atoms with Gasteiger partial charge in [0.1, 0.15) is 11.9 Å². The molecule has 0 radical (unpaired) electrons. The summed E-state index contributed by atoms with van der Waals surface area (Å²) in [4.78, 5) is 30.5. The van der Waals surface area contributed by atoms with Crippen LogP contribution in [0.5, 0.6) is 0 Å². The number of nitrogens with zero attached hydrogens (tertiary/aromatic N) is 2. The lowest BCUT2D eigenvalue weighted by Crippen LogP contribution is -2.48. The first kappa shape index (κ1) is 23.6. The van der Waals surface area contributed by atoms with Crippen molar-refractivity contribution in [3.63, 3.8) is 0 Å². The molecule has 1 aliphatic rings. The Bertz CT molecular complexity index is 982. The van der Waals surface area contributed by atoms with Crippen molar-refractivity contribution >= 4 is 40.6 Å². The van der Waals surface area contributed by atoms with Crippen LogP contribution in [0.4, 0.5) is 30.4 Å². The van der Waals surface area contributed by atoms with Gasteiger partial charge in [-0.25, -0.2) is 4.98 Å². The molecule has 1 aliphatic heterocycles. The van der Waals surface area contributed by atoms with Gasteiger partial charge >= 0.3 is 6.18 Å². The summed E-state index contributed by atoms with van der Waals surface area (Å²) in [5, 5.41) is 8.29. The first-order valence-electron chi connectivity index (χ1n) is 9.96. The normalized spacial score (nSPS) is 15.3. The van der Waals surface area contributed by atoms with Crippen molar-refractivity contribution in [2.75, 3.05) is 35.2 Å². The molecule has 7 nitrogen and oxygen atoms in total. The SMILES string of the molecule is CC(C)[C@H](Nc1ccc(C(F)(F)F)cc1Cl)C(=O)Nc1ccc(N2CCNC(=O)C2)nc1. The second-order valence-electron chi connectivity index (χ2n) is 7.72. The second-order valence-corrected chi connectivity index (χ2v) is 8.13. The molecule has 11 heteroatoms. The zero-order valence-corrected chi connectivity index (χ0v) is 18.2. The molecular formula is C21H23ClF3N5O2. The molecule has 3 N–H and O–H groups in total.